The number of morpholine rings is 1. The highest BCUT2D eigenvalue weighted by Crippen LogP contribution is 2.26. The van der Waals surface area contributed by atoms with Gasteiger partial charge in [0.05, 0.1) is 31.0 Å². The van der Waals surface area contributed by atoms with Crippen molar-refractivity contribution in [2.75, 3.05) is 39.5 Å². The third-order valence-electron chi connectivity index (χ3n) is 6.55. The zero-order chi connectivity index (χ0) is 23.8. The smallest absolute Gasteiger partial charge is 0.228 e. The molecule has 0 bridgehead atoms. The van der Waals surface area contributed by atoms with Gasteiger partial charge < -0.3 is 19.9 Å². The lowest BCUT2D eigenvalue weighted by Crippen LogP contribution is -2.41. The topological polar surface area (TPSA) is 83.9 Å². The molecule has 1 atom stereocenters. The van der Waals surface area contributed by atoms with Gasteiger partial charge in [-0.1, -0.05) is 25.3 Å². The molecule has 0 spiro atoms. The lowest BCUT2D eigenvalue weighted by Gasteiger charge is -2.27. The molecule has 2 heterocycles. The number of amides is 1. The van der Waals surface area contributed by atoms with Crippen LogP contribution >= 0.6 is 0 Å². The van der Waals surface area contributed by atoms with Gasteiger partial charge in [-0.2, -0.15) is 0 Å². The summed E-state index contributed by atoms with van der Waals surface area (Å²) in [6, 6.07) is 9.97. The second-order valence-corrected chi connectivity index (χ2v) is 9.05. The molecule has 1 unspecified atom stereocenters. The fourth-order valence-corrected chi connectivity index (χ4v) is 4.59. The average molecular weight is 472 g/mol. The highest BCUT2D eigenvalue weighted by atomic mass is 19.1. The Hall–Kier alpha value is -2.55. The van der Waals surface area contributed by atoms with Gasteiger partial charge in [-0.25, -0.2) is 4.39 Å². The SMILES string of the molecule is O=C(Cc1cccc(-c2ccc(OCCN3CCOCC3)cc2F)n1)NC(O)C1CCCCC1. The van der Waals surface area contributed by atoms with Crippen LogP contribution < -0.4 is 10.1 Å². The van der Waals surface area contributed by atoms with Crippen molar-refractivity contribution in [3.8, 4) is 17.0 Å². The first kappa shape index (κ1) is 24.6. The standard InChI is InChI=1S/C26H34FN3O4/c27-23-18-21(34-16-13-30-11-14-33-15-12-30)9-10-22(23)24-8-4-7-20(28-24)17-25(31)29-26(32)19-5-2-1-3-6-19/h4,7-10,18-19,26,32H,1-3,5-6,11-17H2,(H,29,31). The number of carbonyl (C=O) groups is 1. The highest BCUT2D eigenvalue weighted by molar-refractivity contribution is 5.78. The zero-order valence-corrected chi connectivity index (χ0v) is 19.5. The monoisotopic (exact) mass is 471 g/mol. The molecule has 2 aliphatic rings. The number of benzene rings is 1. The van der Waals surface area contributed by atoms with Gasteiger partial charge in [-0.15, -0.1) is 0 Å². The summed E-state index contributed by atoms with van der Waals surface area (Å²) in [4.78, 5) is 19.2. The summed E-state index contributed by atoms with van der Waals surface area (Å²) in [5.74, 6) is -0.125. The van der Waals surface area contributed by atoms with Crippen LogP contribution in [0.25, 0.3) is 11.3 Å². The minimum absolute atomic E-state index is 0.0297. The van der Waals surface area contributed by atoms with Gasteiger partial charge in [0, 0.05) is 37.2 Å². The Labute approximate surface area is 200 Å². The lowest BCUT2D eigenvalue weighted by molar-refractivity contribution is -0.124. The number of hydrogen-bond donors (Lipinski definition) is 2. The van der Waals surface area contributed by atoms with E-state index in [1.54, 1.807) is 30.3 Å². The van der Waals surface area contributed by atoms with Crippen molar-refractivity contribution in [3.05, 3.63) is 47.9 Å². The van der Waals surface area contributed by atoms with Crippen molar-refractivity contribution in [2.24, 2.45) is 5.92 Å². The van der Waals surface area contributed by atoms with Gasteiger partial charge >= 0.3 is 0 Å². The molecule has 1 aliphatic carbocycles. The maximum atomic E-state index is 14.8. The van der Waals surface area contributed by atoms with E-state index in [-0.39, 0.29) is 18.2 Å². The minimum Gasteiger partial charge on any atom is -0.492 e. The summed E-state index contributed by atoms with van der Waals surface area (Å²) in [5.41, 5.74) is 1.33. The predicted octanol–water partition coefficient (Wildman–Crippen LogP) is 3.16. The molecule has 2 N–H and O–H groups in total. The highest BCUT2D eigenvalue weighted by Gasteiger charge is 2.23. The van der Waals surface area contributed by atoms with Gasteiger partial charge in [0.15, 0.2) is 0 Å². The number of aromatic nitrogens is 1. The van der Waals surface area contributed by atoms with Crippen molar-refractivity contribution in [1.82, 2.24) is 15.2 Å². The lowest BCUT2D eigenvalue weighted by atomic mass is 9.88. The summed E-state index contributed by atoms with van der Waals surface area (Å²) in [7, 11) is 0. The Morgan fingerprint density at radius 1 is 1.21 bits per heavy atom. The second-order valence-electron chi connectivity index (χ2n) is 9.05. The maximum absolute atomic E-state index is 14.8. The van der Waals surface area contributed by atoms with E-state index in [0.29, 0.717) is 29.3 Å². The van der Waals surface area contributed by atoms with Crippen molar-refractivity contribution < 1.29 is 23.8 Å². The number of nitrogens with one attached hydrogen (secondary N) is 1. The number of ether oxygens (including phenoxy) is 2. The Morgan fingerprint density at radius 3 is 2.76 bits per heavy atom. The summed E-state index contributed by atoms with van der Waals surface area (Å²) in [5, 5.41) is 13.0. The third kappa shape index (κ3) is 6.98. The van der Waals surface area contributed by atoms with Crippen LogP contribution in [0.2, 0.25) is 0 Å². The maximum Gasteiger partial charge on any atom is 0.228 e. The molecule has 34 heavy (non-hydrogen) atoms. The Bertz CT molecular complexity index is 945. The van der Waals surface area contributed by atoms with Gasteiger partial charge in [0.25, 0.3) is 0 Å². The number of pyridine rings is 1. The van der Waals surface area contributed by atoms with E-state index in [0.717, 1.165) is 58.5 Å². The van der Waals surface area contributed by atoms with Crippen LogP contribution in [0.5, 0.6) is 5.75 Å². The minimum atomic E-state index is -0.829. The molecule has 184 valence electrons. The summed E-state index contributed by atoms with van der Waals surface area (Å²) in [6.45, 7) is 4.49. The number of aliphatic hydroxyl groups is 1. The van der Waals surface area contributed by atoms with E-state index in [1.807, 2.05) is 0 Å². The van der Waals surface area contributed by atoms with E-state index in [9.17, 15) is 14.3 Å². The number of aliphatic hydroxyl groups excluding tert-OH is 1. The number of carbonyl (C=O) groups excluding carboxylic acids is 1. The van der Waals surface area contributed by atoms with Crippen LogP contribution in [-0.2, 0) is 16.0 Å². The van der Waals surface area contributed by atoms with Crippen LogP contribution in [-0.4, -0.2) is 66.6 Å². The summed E-state index contributed by atoms with van der Waals surface area (Å²) in [6.07, 6.45) is 4.43. The van der Waals surface area contributed by atoms with Gasteiger partial charge in [-0.3, -0.25) is 14.7 Å². The number of halogens is 1. The van der Waals surface area contributed by atoms with Gasteiger partial charge in [0.2, 0.25) is 5.91 Å². The van der Waals surface area contributed by atoms with Crippen LogP contribution in [0.3, 0.4) is 0 Å². The first-order chi connectivity index (χ1) is 16.6. The van der Waals surface area contributed by atoms with Crippen molar-refractivity contribution >= 4 is 5.91 Å². The van der Waals surface area contributed by atoms with Crippen molar-refractivity contribution in [1.29, 1.82) is 0 Å². The molecular weight excluding hydrogens is 437 g/mol. The second kappa shape index (κ2) is 12.2. The molecule has 2 aromatic rings. The molecule has 7 nitrogen and oxygen atoms in total. The van der Waals surface area contributed by atoms with E-state index >= 15 is 0 Å². The molecule has 8 heteroatoms. The summed E-state index contributed by atoms with van der Waals surface area (Å²) < 4.78 is 25.9. The molecule has 2 fully saturated rings. The predicted molar refractivity (Wildman–Crippen MR) is 127 cm³/mol. The van der Waals surface area contributed by atoms with E-state index in [2.05, 4.69) is 15.2 Å². The molecule has 1 saturated heterocycles. The zero-order valence-electron chi connectivity index (χ0n) is 19.5. The molecular formula is C26H34FN3O4. The molecule has 4 rings (SSSR count). The van der Waals surface area contributed by atoms with Gasteiger partial charge in [-0.05, 0) is 37.1 Å². The Balaban J connectivity index is 1.31. The molecule has 1 aromatic heterocycles. The van der Waals surface area contributed by atoms with Crippen LogP contribution in [0.4, 0.5) is 4.39 Å². The first-order valence-electron chi connectivity index (χ1n) is 12.2. The number of rotatable bonds is 9. The Kier molecular flexibility index (Phi) is 8.85. The number of nitrogens with zero attached hydrogens (tertiary/aromatic N) is 2. The van der Waals surface area contributed by atoms with Crippen LogP contribution in [0.15, 0.2) is 36.4 Å². The van der Waals surface area contributed by atoms with E-state index in [4.69, 9.17) is 9.47 Å². The molecule has 1 amide bonds. The first-order valence-corrected chi connectivity index (χ1v) is 12.2. The molecule has 1 saturated carbocycles. The average Bonchev–Trinajstić information content (AvgIpc) is 2.85. The van der Waals surface area contributed by atoms with Crippen LogP contribution in [0.1, 0.15) is 37.8 Å². The van der Waals surface area contributed by atoms with E-state index in [1.165, 1.54) is 12.5 Å². The van der Waals surface area contributed by atoms with E-state index < -0.39 is 12.0 Å². The quantitative estimate of drug-likeness (QED) is 0.547. The van der Waals surface area contributed by atoms with Crippen molar-refractivity contribution in [3.63, 3.8) is 0 Å². The largest absolute Gasteiger partial charge is 0.492 e. The summed E-state index contributed by atoms with van der Waals surface area (Å²) >= 11 is 0. The van der Waals surface area contributed by atoms with Crippen LogP contribution in [0, 0.1) is 11.7 Å². The fourth-order valence-electron chi connectivity index (χ4n) is 4.59. The molecule has 0 radical (unpaired) electrons. The molecule has 1 aliphatic heterocycles. The van der Waals surface area contributed by atoms with Gasteiger partial charge in [0.1, 0.15) is 24.4 Å². The number of hydrogen-bond acceptors (Lipinski definition) is 6. The van der Waals surface area contributed by atoms with Crippen molar-refractivity contribution in [2.45, 2.75) is 44.8 Å². The third-order valence-corrected chi connectivity index (χ3v) is 6.55. The fraction of sp³-hybridized carbons (Fsp3) is 0.538. The molecule has 1 aromatic carbocycles. The Morgan fingerprint density at radius 2 is 2.00 bits per heavy atom. The normalized spacial score (nSPS) is 18.4.